The zero-order valence-electron chi connectivity index (χ0n) is 11.7. The normalized spacial score (nSPS) is 19.2. The van der Waals surface area contributed by atoms with Gasteiger partial charge in [-0.05, 0) is 42.7 Å². The van der Waals surface area contributed by atoms with Crippen LogP contribution in [-0.4, -0.2) is 35.5 Å². The smallest absolute Gasteiger partial charge is 0.0645 e. The van der Waals surface area contributed by atoms with Crippen LogP contribution in [0.2, 0.25) is 0 Å². The number of benzene rings is 1. The molecule has 0 aliphatic heterocycles. The first-order valence-electron chi connectivity index (χ1n) is 7.29. The monoisotopic (exact) mass is 263 g/mol. The van der Waals surface area contributed by atoms with E-state index in [4.69, 9.17) is 0 Å². The molecule has 19 heavy (non-hydrogen) atoms. The predicted molar refractivity (Wildman–Crippen MR) is 77.3 cm³/mol. The summed E-state index contributed by atoms with van der Waals surface area (Å²) < 4.78 is 0. The molecule has 3 N–H and O–H groups in total. The zero-order chi connectivity index (χ0) is 13.7. The van der Waals surface area contributed by atoms with Gasteiger partial charge in [-0.2, -0.15) is 0 Å². The molecule has 1 aromatic rings. The lowest BCUT2D eigenvalue weighted by Gasteiger charge is -2.33. The fraction of sp³-hybridized carbons (Fsp3) is 0.625. The molecule has 1 aromatic carbocycles. The van der Waals surface area contributed by atoms with Gasteiger partial charge in [0.25, 0.3) is 0 Å². The Morgan fingerprint density at radius 2 is 2.00 bits per heavy atom. The summed E-state index contributed by atoms with van der Waals surface area (Å²) in [5, 5.41) is 22.4. The van der Waals surface area contributed by atoms with Crippen LogP contribution in [0.4, 0.5) is 0 Å². The van der Waals surface area contributed by atoms with E-state index in [1.54, 1.807) is 0 Å². The van der Waals surface area contributed by atoms with E-state index in [0.717, 1.165) is 13.0 Å². The van der Waals surface area contributed by atoms with Crippen LogP contribution in [0.1, 0.15) is 43.2 Å². The third kappa shape index (κ3) is 3.16. The molecular formula is C16H25NO2. The van der Waals surface area contributed by atoms with Crippen molar-refractivity contribution in [1.82, 2.24) is 5.32 Å². The molecule has 1 unspecified atom stereocenters. The van der Waals surface area contributed by atoms with Gasteiger partial charge in [0.05, 0.1) is 18.8 Å². The molecule has 1 aliphatic carbocycles. The number of rotatable bonds is 6. The average Bonchev–Trinajstić information content (AvgIpc) is 2.49. The summed E-state index contributed by atoms with van der Waals surface area (Å²) in [6.07, 6.45) is 4.31. The number of fused-ring (bicyclic) bond motifs is 1. The quantitative estimate of drug-likeness (QED) is 0.734. The molecule has 3 heteroatoms. The van der Waals surface area contributed by atoms with Gasteiger partial charge in [-0.15, -0.1) is 0 Å². The SMILES string of the molecule is CCC(CO)(CO)NCC1CCCc2ccccc21. The third-order valence-electron chi connectivity index (χ3n) is 4.50. The number of nitrogens with one attached hydrogen (secondary N) is 1. The van der Waals surface area contributed by atoms with Crippen LogP contribution in [0.25, 0.3) is 0 Å². The predicted octanol–water partition coefficient (Wildman–Crippen LogP) is 1.83. The van der Waals surface area contributed by atoms with Gasteiger partial charge < -0.3 is 15.5 Å². The minimum atomic E-state index is -0.535. The lowest BCUT2D eigenvalue weighted by molar-refractivity contribution is 0.0860. The molecule has 2 rings (SSSR count). The Kier molecular flexibility index (Phi) is 4.97. The van der Waals surface area contributed by atoms with Gasteiger partial charge in [0.1, 0.15) is 0 Å². The van der Waals surface area contributed by atoms with E-state index < -0.39 is 5.54 Å². The number of aryl methyl sites for hydroxylation is 1. The first-order valence-corrected chi connectivity index (χ1v) is 7.29. The Hall–Kier alpha value is -0.900. The van der Waals surface area contributed by atoms with Gasteiger partial charge in [-0.1, -0.05) is 31.2 Å². The van der Waals surface area contributed by atoms with Crippen LogP contribution in [0.15, 0.2) is 24.3 Å². The molecule has 0 bridgehead atoms. The molecule has 3 nitrogen and oxygen atoms in total. The van der Waals surface area contributed by atoms with Gasteiger partial charge in [0.15, 0.2) is 0 Å². The fourth-order valence-electron chi connectivity index (χ4n) is 2.92. The minimum Gasteiger partial charge on any atom is -0.394 e. The Labute approximate surface area is 115 Å². The summed E-state index contributed by atoms with van der Waals surface area (Å²) >= 11 is 0. The van der Waals surface area contributed by atoms with E-state index in [2.05, 4.69) is 29.6 Å². The van der Waals surface area contributed by atoms with Gasteiger partial charge in [0, 0.05) is 6.54 Å². The second-order valence-electron chi connectivity index (χ2n) is 5.62. The molecule has 0 saturated carbocycles. The largest absolute Gasteiger partial charge is 0.394 e. The topological polar surface area (TPSA) is 52.5 Å². The summed E-state index contributed by atoms with van der Waals surface area (Å²) in [6.45, 7) is 2.78. The highest BCUT2D eigenvalue weighted by atomic mass is 16.3. The summed E-state index contributed by atoms with van der Waals surface area (Å²) in [4.78, 5) is 0. The maximum absolute atomic E-state index is 9.48. The summed E-state index contributed by atoms with van der Waals surface area (Å²) in [5.74, 6) is 0.494. The van der Waals surface area contributed by atoms with Crippen molar-refractivity contribution >= 4 is 0 Å². The molecule has 0 amide bonds. The van der Waals surface area contributed by atoms with Gasteiger partial charge >= 0.3 is 0 Å². The van der Waals surface area contributed by atoms with Crippen LogP contribution in [0.3, 0.4) is 0 Å². The second kappa shape index (κ2) is 6.51. The second-order valence-corrected chi connectivity index (χ2v) is 5.62. The maximum Gasteiger partial charge on any atom is 0.0645 e. The fourth-order valence-corrected chi connectivity index (χ4v) is 2.92. The number of hydrogen-bond acceptors (Lipinski definition) is 3. The van der Waals surface area contributed by atoms with Crippen molar-refractivity contribution in [3.05, 3.63) is 35.4 Å². The van der Waals surface area contributed by atoms with Crippen molar-refractivity contribution in [2.24, 2.45) is 0 Å². The van der Waals surface area contributed by atoms with Crippen molar-refractivity contribution in [2.45, 2.75) is 44.1 Å². The van der Waals surface area contributed by atoms with Crippen LogP contribution in [0, 0.1) is 0 Å². The average molecular weight is 263 g/mol. The van der Waals surface area contributed by atoms with E-state index in [1.807, 2.05) is 6.92 Å². The van der Waals surface area contributed by atoms with Crippen LogP contribution >= 0.6 is 0 Å². The van der Waals surface area contributed by atoms with Crippen LogP contribution < -0.4 is 5.32 Å². The molecule has 0 fully saturated rings. The lowest BCUT2D eigenvalue weighted by atomic mass is 9.82. The highest BCUT2D eigenvalue weighted by Gasteiger charge is 2.28. The molecule has 1 aliphatic rings. The molecule has 0 heterocycles. The number of aliphatic hydroxyl groups excluding tert-OH is 2. The van der Waals surface area contributed by atoms with Crippen molar-refractivity contribution < 1.29 is 10.2 Å². The molecule has 1 atom stereocenters. The Bertz CT molecular complexity index is 393. The van der Waals surface area contributed by atoms with Crippen LogP contribution in [0.5, 0.6) is 0 Å². The first-order chi connectivity index (χ1) is 9.24. The van der Waals surface area contributed by atoms with E-state index in [-0.39, 0.29) is 13.2 Å². The van der Waals surface area contributed by atoms with Gasteiger partial charge in [-0.3, -0.25) is 0 Å². The number of aliphatic hydroxyl groups is 2. The summed E-state index contributed by atoms with van der Waals surface area (Å²) in [5.41, 5.74) is 2.35. The maximum atomic E-state index is 9.48. The minimum absolute atomic E-state index is 0.0195. The van der Waals surface area contributed by atoms with Crippen LogP contribution in [-0.2, 0) is 6.42 Å². The highest BCUT2D eigenvalue weighted by molar-refractivity contribution is 5.32. The van der Waals surface area contributed by atoms with E-state index in [0.29, 0.717) is 5.92 Å². The molecule has 0 saturated heterocycles. The lowest BCUT2D eigenvalue weighted by Crippen LogP contribution is -2.52. The van der Waals surface area contributed by atoms with Crippen molar-refractivity contribution in [3.8, 4) is 0 Å². The van der Waals surface area contributed by atoms with Crippen molar-refractivity contribution in [1.29, 1.82) is 0 Å². The molecule has 0 spiro atoms. The third-order valence-corrected chi connectivity index (χ3v) is 4.50. The zero-order valence-corrected chi connectivity index (χ0v) is 11.7. The van der Waals surface area contributed by atoms with Gasteiger partial charge in [-0.25, -0.2) is 0 Å². The molecule has 0 radical (unpaired) electrons. The Balaban J connectivity index is 2.05. The van der Waals surface area contributed by atoms with Gasteiger partial charge in [0.2, 0.25) is 0 Å². The number of hydrogen-bond donors (Lipinski definition) is 3. The molecular weight excluding hydrogens is 238 g/mol. The van der Waals surface area contributed by atoms with E-state index in [1.165, 1.54) is 30.4 Å². The first kappa shape index (κ1) is 14.5. The van der Waals surface area contributed by atoms with E-state index in [9.17, 15) is 10.2 Å². The van der Waals surface area contributed by atoms with E-state index >= 15 is 0 Å². The standard InChI is InChI=1S/C16H25NO2/c1-2-16(11-18,12-19)17-10-14-8-5-7-13-6-3-4-9-15(13)14/h3-4,6,9,14,17-19H,2,5,7-8,10-12H2,1H3. The van der Waals surface area contributed by atoms with Crippen molar-refractivity contribution in [3.63, 3.8) is 0 Å². The summed E-state index contributed by atoms with van der Waals surface area (Å²) in [6, 6.07) is 8.63. The molecule has 0 aromatic heterocycles. The summed E-state index contributed by atoms with van der Waals surface area (Å²) in [7, 11) is 0. The van der Waals surface area contributed by atoms with Crippen molar-refractivity contribution in [2.75, 3.05) is 19.8 Å². The molecule has 106 valence electrons. The Morgan fingerprint density at radius 3 is 2.68 bits per heavy atom. The highest BCUT2D eigenvalue weighted by Crippen LogP contribution is 2.31. The Morgan fingerprint density at radius 1 is 1.26 bits per heavy atom.